The average Bonchev–Trinajstić information content (AvgIpc) is 3.09. The van der Waals surface area contributed by atoms with Gasteiger partial charge in [-0.1, -0.05) is 17.7 Å². The summed E-state index contributed by atoms with van der Waals surface area (Å²) >= 11 is 6.04. The molecule has 1 saturated carbocycles. The summed E-state index contributed by atoms with van der Waals surface area (Å²) in [6.07, 6.45) is 2.01. The molecule has 17 heavy (non-hydrogen) atoms. The first-order chi connectivity index (χ1) is 8.16. The molecule has 2 rings (SSSR count). The molecule has 0 spiro atoms. The van der Waals surface area contributed by atoms with E-state index in [2.05, 4.69) is 0 Å². The predicted molar refractivity (Wildman–Crippen MR) is 66.3 cm³/mol. The summed E-state index contributed by atoms with van der Waals surface area (Å²) in [5.41, 5.74) is 0.779. The number of benzene rings is 1. The van der Waals surface area contributed by atoms with E-state index in [9.17, 15) is 5.11 Å². The van der Waals surface area contributed by atoms with Gasteiger partial charge in [-0.15, -0.1) is 0 Å². The zero-order valence-corrected chi connectivity index (χ0v) is 10.6. The van der Waals surface area contributed by atoms with E-state index >= 15 is 0 Å². The molecule has 1 fully saturated rings. The number of aliphatic hydroxyl groups excluding tert-OH is 1. The first-order valence-corrected chi connectivity index (χ1v) is 6.22. The van der Waals surface area contributed by atoms with E-state index in [1.807, 2.05) is 0 Å². The van der Waals surface area contributed by atoms with Crippen molar-refractivity contribution in [3.05, 3.63) is 28.8 Å². The lowest BCUT2D eigenvalue weighted by Gasteiger charge is -2.11. The van der Waals surface area contributed by atoms with Crippen LogP contribution >= 0.6 is 11.6 Å². The summed E-state index contributed by atoms with van der Waals surface area (Å²) in [5, 5.41) is 9.90. The lowest BCUT2D eigenvalue weighted by Crippen LogP contribution is -2.05. The van der Waals surface area contributed by atoms with Crippen LogP contribution in [0.25, 0.3) is 0 Å². The Balaban J connectivity index is 1.82. The molecule has 1 aliphatic rings. The first kappa shape index (κ1) is 12.7. The third-order valence-electron chi connectivity index (χ3n) is 2.79. The predicted octanol–water partition coefficient (Wildman–Crippen LogP) is 3.16. The van der Waals surface area contributed by atoms with Crippen LogP contribution in [0.15, 0.2) is 18.2 Å². The highest BCUT2D eigenvalue weighted by Crippen LogP contribution is 2.30. The Bertz CT molecular complexity index is 375. The van der Waals surface area contributed by atoms with Crippen molar-refractivity contribution < 1.29 is 14.6 Å². The van der Waals surface area contributed by atoms with Gasteiger partial charge in [0.15, 0.2) is 6.79 Å². The number of hydrogen-bond donors (Lipinski definition) is 1. The van der Waals surface area contributed by atoms with Gasteiger partial charge in [-0.25, -0.2) is 0 Å². The topological polar surface area (TPSA) is 38.7 Å². The Morgan fingerprint density at radius 3 is 2.82 bits per heavy atom. The maximum atomic E-state index is 9.40. The number of halogens is 1. The minimum absolute atomic E-state index is 0.226. The zero-order valence-electron chi connectivity index (χ0n) is 9.86. The fourth-order valence-corrected chi connectivity index (χ4v) is 1.74. The van der Waals surface area contributed by atoms with Gasteiger partial charge in [-0.3, -0.25) is 0 Å². The molecule has 1 aromatic rings. The Morgan fingerprint density at radius 2 is 2.24 bits per heavy atom. The molecular weight excluding hydrogens is 240 g/mol. The summed E-state index contributed by atoms with van der Waals surface area (Å²) in [6, 6.07) is 5.26. The Hall–Kier alpha value is -0.770. The van der Waals surface area contributed by atoms with Gasteiger partial charge in [-0.2, -0.15) is 0 Å². The summed E-state index contributed by atoms with van der Waals surface area (Å²) in [5.74, 6) is 1.32. The molecule has 0 aromatic heterocycles. The van der Waals surface area contributed by atoms with Crippen LogP contribution in [0.1, 0.15) is 31.4 Å². The number of ether oxygens (including phenoxy) is 2. The summed E-state index contributed by atoms with van der Waals surface area (Å²) in [4.78, 5) is 0. The quantitative estimate of drug-likeness (QED) is 0.628. The van der Waals surface area contributed by atoms with Gasteiger partial charge in [0.2, 0.25) is 0 Å². The highest BCUT2D eigenvalue weighted by molar-refractivity contribution is 6.32. The van der Waals surface area contributed by atoms with Crippen LogP contribution in [0.3, 0.4) is 0 Å². The SMILES string of the molecule is C[C@@H](O)c1ccc(OCOCC2CC2)c(Cl)c1. The van der Waals surface area contributed by atoms with E-state index in [-0.39, 0.29) is 6.79 Å². The van der Waals surface area contributed by atoms with Gasteiger partial charge in [0, 0.05) is 0 Å². The van der Waals surface area contributed by atoms with Gasteiger partial charge >= 0.3 is 0 Å². The van der Waals surface area contributed by atoms with Crippen molar-refractivity contribution in [2.24, 2.45) is 5.92 Å². The third-order valence-corrected chi connectivity index (χ3v) is 3.08. The second-order valence-corrected chi connectivity index (χ2v) is 4.85. The van der Waals surface area contributed by atoms with Gasteiger partial charge in [0.25, 0.3) is 0 Å². The Kier molecular flexibility index (Phi) is 4.26. The number of rotatable bonds is 6. The van der Waals surface area contributed by atoms with Crippen LogP contribution in [0.2, 0.25) is 5.02 Å². The highest BCUT2D eigenvalue weighted by Gasteiger charge is 2.21. The van der Waals surface area contributed by atoms with Gasteiger partial charge in [-0.05, 0) is 43.4 Å². The van der Waals surface area contributed by atoms with Crippen LogP contribution < -0.4 is 4.74 Å². The fraction of sp³-hybridized carbons (Fsp3) is 0.538. The third kappa shape index (κ3) is 3.87. The molecule has 0 radical (unpaired) electrons. The lowest BCUT2D eigenvalue weighted by molar-refractivity contribution is 0.0100. The summed E-state index contributed by atoms with van der Waals surface area (Å²) in [7, 11) is 0. The molecule has 1 atom stereocenters. The molecule has 1 aromatic carbocycles. The molecule has 1 N–H and O–H groups in total. The van der Waals surface area contributed by atoms with Crippen LogP contribution in [0.5, 0.6) is 5.75 Å². The van der Waals surface area contributed by atoms with Crippen LogP contribution in [0, 0.1) is 5.92 Å². The normalized spacial score (nSPS) is 16.9. The van der Waals surface area contributed by atoms with Crippen molar-refractivity contribution in [2.45, 2.75) is 25.9 Å². The smallest absolute Gasteiger partial charge is 0.189 e. The van der Waals surface area contributed by atoms with E-state index in [1.165, 1.54) is 12.8 Å². The monoisotopic (exact) mass is 256 g/mol. The van der Waals surface area contributed by atoms with Crippen molar-refractivity contribution in [2.75, 3.05) is 13.4 Å². The van der Waals surface area contributed by atoms with Crippen LogP contribution in [-0.4, -0.2) is 18.5 Å². The van der Waals surface area contributed by atoms with E-state index in [1.54, 1.807) is 25.1 Å². The van der Waals surface area contributed by atoms with E-state index in [4.69, 9.17) is 21.1 Å². The molecule has 4 heteroatoms. The second kappa shape index (κ2) is 5.71. The maximum absolute atomic E-state index is 9.40. The van der Waals surface area contributed by atoms with Gasteiger partial charge < -0.3 is 14.6 Å². The van der Waals surface area contributed by atoms with Crippen LogP contribution in [-0.2, 0) is 4.74 Å². The number of aliphatic hydroxyl groups is 1. The van der Waals surface area contributed by atoms with Crippen molar-refractivity contribution in [3.63, 3.8) is 0 Å². The van der Waals surface area contributed by atoms with Crippen molar-refractivity contribution in [3.8, 4) is 5.75 Å². The molecule has 0 unspecified atom stereocenters. The van der Waals surface area contributed by atoms with E-state index in [0.717, 1.165) is 18.1 Å². The Morgan fingerprint density at radius 1 is 1.47 bits per heavy atom. The summed E-state index contributed by atoms with van der Waals surface area (Å²) in [6.45, 7) is 2.69. The zero-order chi connectivity index (χ0) is 12.3. The summed E-state index contributed by atoms with van der Waals surface area (Å²) < 4.78 is 10.8. The first-order valence-electron chi connectivity index (χ1n) is 5.85. The molecule has 94 valence electrons. The van der Waals surface area contributed by atoms with Crippen molar-refractivity contribution in [1.82, 2.24) is 0 Å². The maximum Gasteiger partial charge on any atom is 0.189 e. The highest BCUT2D eigenvalue weighted by atomic mass is 35.5. The van der Waals surface area contributed by atoms with Gasteiger partial charge in [0.1, 0.15) is 5.75 Å². The fourth-order valence-electron chi connectivity index (χ4n) is 1.50. The molecule has 0 saturated heterocycles. The Labute approximate surface area is 106 Å². The minimum atomic E-state index is -0.521. The standard InChI is InChI=1S/C13H17ClO3/c1-9(15)11-4-5-13(12(14)6-11)17-8-16-7-10-2-3-10/h4-6,9-10,15H,2-3,7-8H2,1H3/t9-/m1/s1. The molecule has 0 aliphatic heterocycles. The van der Waals surface area contributed by atoms with Gasteiger partial charge in [0.05, 0.1) is 17.7 Å². The molecule has 0 heterocycles. The number of hydrogen-bond acceptors (Lipinski definition) is 3. The average molecular weight is 257 g/mol. The van der Waals surface area contributed by atoms with Crippen LogP contribution in [0.4, 0.5) is 0 Å². The lowest BCUT2D eigenvalue weighted by atomic mass is 10.1. The largest absolute Gasteiger partial charge is 0.466 e. The molecule has 1 aliphatic carbocycles. The second-order valence-electron chi connectivity index (χ2n) is 4.44. The van der Waals surface area contributed by atoms with Crippen molar-refractivity contribution >= 4 is 11.6 Å². The van der Waals surface area contributed by atoms with Crippen molar-refractivity contribution in [1.29, 1.82) is 0 Å². The van der Waals surface area contributed by atoms with E-state index < -0.39 is 6.10 Å². The molecule has 0 amide bonds. The van der Waals surface area contributed by atoms with E-state index in [0.29, 0.717) is 10.8 Å². The molecule has 0 bridgehead atoms. The minimum Gasteiger partial charge on any atom is -0.466 e. The molecular formula is C13H17ClO3. The molecule has 3 nitrogen and oxygen atoms in total.